The molecule has 4 nitrogen and oxygen atoms in total. The molecule has 0 atom stereocenters. The van der Waals surface area contributed by atoms with Gasteiger partial charge in [-0.3, -0.25) is 4.98 Å². The normalized spacial score (nSPS) is 15.6. The van der Waals surface area contributed by atoms with Crippen LogP contribution >= 0.6 is 23.4 Å². The Balaban J connectivity index is 2.38. The highest BCUT2D eigenvalue weighted by molar-refractivity contribution is 8.13. The Morgan fingerprint density at radius 3 is 2.50 bits per heavy atom. The molecule has 3 rings (SSSR count). The van der Waals surface area contributed by atoms with Gasteiger partial charge in [0.15, 0.2) is 0 Å². The number of pyridine rings is 1. The van der Waals surface area contributed by atoms with Crippen molar-refractivity contribution >= 4 is 39.8 Å². The number of aliphatic imine (C=N–C) groups is 2. The number of aryl methyl sites for hydroxylation is 1. The zero-order chi connectivity index (χ0) is 18.8. The molecule has 0 unspecified atom stereocenters. The SMILES string of the molecule is CSC1=Nc2cc(C)ncc2C(c2ccccc2Cl)=N/C1=C(/C)N(C)C. The summed E-state index contributed by atoms with van der Waals surface area (Å²) in [5.74, 6) is 0. The molecule has 0 aliphatic carbocycles. The minimum atomic E-state index is 0.659. The van der Waals surface area contributed by atoms with E-state index in [1.54, 1.807) is 11.8 Å². The fourth-order valence-corrected chi connectivity index (χ4v) is 3.45. The maximum atomic E-state index is 6.50. The second-order valence-electron chi connectivity index (χ2n) is 6.23. The van der Waals surface area contributed by atoms with E-state index in [1.807, 2.05) is 75.6 Å². The molecule has 0 bridgehead atoms. The fraction of sp³-hybridized carbons (Fsp3) is 0.250. The van der Waals surface area contributed by atoms with Crippen molar-refractivity contribution in [2.75, 3.05) is 20.4 Å². The van der Waals surface area contributed by atoms with E-state index in [4.69, 9.17) is 21.6 Å². The largest absolute Gasteiger partial charge is 0.379 e. The van der Waals surface area contributed by atoms with E-state index in [9.17, 15) is 0 Å². The predicted molar refractivity (Wildman–Crippen MR) is 113 cm³/mol. The molecule has 0 saturated heterocycles. The van der Waals surface area contributed by atoms with Crippen LogP contribution in [0.1, 0.15) is 23.7 Å². The summed E-state index contributed by atoms with van der Waals surface area (Å²) in [4.78, 5) is 16.5. The van der Waals surface area contributed by atoms with Crippen molar-refractivity contribution in [3.63, 3.8) is 0 Å². The van der Waals surface area contributed by atoms with E-state index < -0.39 is 0 Å². The molecule has 0 N–H and O–H groups in total. The Kier molecular flexibility index (Phi) is 5.49. The summed E-state index contributed by atoms with van der Waals surface area (Å²) < 4.78 is 0. The number of thioether (sulfide) groups is 1. The zero-order valence-electron chi connectivity index (χ0n) is 15.5. The minimum absolute atomic E-state index is 0.659. The first-order chi connectivity index (χ1) is 12.4. The van der Waals surface area contributed by atoms with E-state index >= 15 is 0 Å². The summed E-state index contributed by atoms with van der Waals surface area (Å²) in [6, 6.07) is 9.74. The van der Waals surface area contributed by atoms with Gasteiger partial charge in [0.05, 0.1) is 11.4 Å². The predicted octanol–water partition coefficient (Wildman–Crippen LogP) is 5.08. The molecule has 0 saturated carbocycles. The lowest BCUT2D eigenvalue weighted by molar-refractivity contribution is 0.509. The summed E-state index contributed by atoms with van der Waals surface area (Å²) in [6.07, 6.45) is 3.85. The number of benzene rings is 1. The van der Waals surface area contributed by atoms with E-state index in [2.05, 4.69) is 4.98 Å². The molecule has 2 aromatic rings. The minimum Gasteiger partial charge on any atom is -0.379 e. The molecular weight excluding hydrogens is 364 g/mol. The Morgan fingerprint density at radius 2 is 1.85 bits per heavy atom. The van der Waals surface area contributed by atoms with Crippen LogP contribution in [-0.4, -0.2) is 41.0 Å². The van der Waals surface area contributed by atoms with E-state index in [-0.39, 0.29) is 0 Å². The maximum Gasteiger partial charge on any atom is 0.124 e. The molecule has 0 spiro atoms. The molecule has 1 aliphatic heterocycles. The van der Waals surface area contributed by atoms with Gasteiger partial charge in [0.1, 0.15) is 10.7 Å². The highest BCUT2D eigenvalue weighted by Gasteiger charge is 2.22. The maximum absolute atomic E-state index is 6.50. The highest BCUT2D eigenvalue weighted by atomic mass is 35.5. The van der Waals surface area contributed by atoms with Crippen LogP contribution in [0.25, 0.3) is 0 Å². The van der Waals surface area contributed by atoms with Gasteiger partial charge in [0.25, 0.3) is 0 Å². The monoisotopic (exact) mass is 384 g/mol. The van der Waals surface area contributed by atoms with Crippen LogP contribution in [0, 0.1) is 6.92 Å². The second-order valence-corrected chi connectivity index (χ2v) is 7.43. The lowest BCUT2D eigenvalue weighted by Crippen LogP contribution is -2.14. The molecule has 1 aliphatic rings. The van der Waals surface area contributed by atoms with Crippen molar-refractivity contribution in [1.82, 2.24) is 9.88 Å². The van der Waals surface area contributed by atoms with Crippen LogP contribution in [0.3, 0.4) is 0 Å². The molecule has 0 fully saturated rings. The summed E-state index contributed by atoms with van der Waals surface area (Å²) in [6.45, 7) is 4.02. The third-order valence-electron chi connectivity index (χ3n) is 4.26. The van der Waals surface area contributed by atoms with Crippen LogP contribution in [0.2, 0.25) is 5.02 Å². The summed E-state index contributed by atoms with van der Waals surface area (Å²) in [5, 5.41) is 1.54. The van der Waals surface area contributed by atoms with E-state index in [0.717, 1.165) is 44.7 Å². The van der Waals surface area contributed by atoms with Crippen LogP contribution in [-0.2, 0) is 0 Å². The van der Waals surface area contributed by atoms with Crippen molar-refractivity contribution in [1.29, 1.82) is 0 Å². The van der Waals surface area contributed by atoms with E-state index in [0.29, 0.717) is 5.02 Å². The van der Waals surface area contributed by atoms with Crippen molar-refractivity contribution in [3.8, 4) is 0 Å². The van der Waals surface area contributed by atoms with Crippen molar-refractivity contribution in [2.24, 2.45) is 9.98 Å². The summed E-state index contributed by atoms with van der Waals surface area (Å²) >= 11 is 8.09. The molecule has 0 radical (unpaired) electrons. The summed E-state index contributed by atoms with van der Waals surface area (Å²) in [5.41, 5.74) is 6.23. The topological polar surface area (TPSA) is 40.9 Å². The number of allylic oxidation sites excluding steroid dienone is 1. The number of fused-ring (bicyclic) bond motifs is 1. The quantitative estimate of drug-likeness (QED) is 0.724. The Hall–Kier alpha value is -2.11. The van der Waals surface area contributed by atoms with Crippen LogP contribution in [0.15, 0.2) is 57.9 Å². The first-order valence-corrected chi connectivity index (χ1v) is 9.84. The van der Waals surface area contributed by atoms with Crippen LogP contribution in [0.5, 0.6) is 0 Å². The molecule has 1 aromatic carbocycles. The van der Waals surface area contributed by atoms with Crippen LogP contribution < -0.4 is 0 Å². The first-order valence-electron chi connectivity index (χ1n) is 8.24. The van der Waals surface area contributed by atoms with Crippen LogP contribution in [0.4, 0.5) is 5.69 Å². The molecule has 1 aromatic heterocycles. The molecule has 2 heterocycles. The van der Waals surface area contributed by atoms with Gasteiger partial charge in [-0.2, -0.15) is 0 Å². The van der Waals surface area contributed by atoms with Crippen molar-refractivity contribution < 1.29 is 0 Å². The van der Waals surface area contributed by atoms with Gasteiger partial charge in [-0.1, -0.05) is 29.8 Å². The van der Waals surface area contributed by atoms with Gasteiger partial charge < -0.3 is 4.90 Å². The summed E-state index contributed by atoms with van der Waals surface area (Å²) in [7, 11) is 4.02. The molecule has 134 valence electrons. The number of aromatic nitrogens is 1. The number of hydrogen-bond donors (Lipinski definition) is 0. The highest BCUT2D eigenvalue weighted by Crippen LogP contribution is 2.33. The van der Waals surface area contributed by atoms with Gasteiger partial charge in [-0.15, -0.1) is 11.8 Å². The lowest BCUT2D eigenvalue weighted by Gasteiger charge is -2.17. The average Bonchev–Trinajstić information content (AvgIpc) is 2.77. The van der Waals surface area contributed by atoms with E-state index in [1.165, 1.54) is 0 Å². The third kappa shape index (κ3) is 3.55. The third-order valence-corrected chi connectivity index (χ3v) is 5.26. The lowest BCUT2D eigenvalue weighted by atomic mass is 10.0. The molecule has 6 heteroatoms. The Morgan fingerprint density at radius 1 is 1.12 bits per heavy atom. The molecular formula is C20H21ClN4S. The Labute approximate surface area is 163 Å². The van der Waals surface area contributed by atoms with Gasteiger partial charge in [-0.25, -0.2) is 9.98 Å². The van der Waals surface area contributed by atoms with Gasteiger partial charge in [0.2, 0.25) is 0 Å². The van der Waals surface area contributed by atoms with Gasteiger partial charge >= 0.3 is 0 Å². The molecule has 26 heavy (non-hydrogen) atoms. The second kappa shape index (κ2) is 7.64. The number of rotatable bonds is 2. The zero-order valence-corrected chi connectivity index (χ0v) is 17.1. The number of halogens is 1. The Bertz CT molecular complexity index is 945. The molecule has 0 amide bonds. The number of nitrogens with zero attached hydrogens (tertiary/aromatic N) is 4. The first kappa shape index (κ1) is 18.7. The average molecular weight is 385 g/mol. The van der Waals surface area contributed by atoms with Gasteiger partial charge in [0, 0.05) is 47.8 Å². The van der Waals surface area contributed by atoms with Crippen molar-refractivity contribution in [2.45, 2.75) is 13.8 Å². The fourth-order valence-electron chi connectivity index (χ4n) is 2.65. The smallest absolute Gasteiger partial charge is 0.124 e. The van der Waals surface area contributed by atoms with Gasteiger partial charge in [-0.05, 0) is 32.2 Å². The standard InChI is InChI=1S/C20H21ClN4S/c1-12-10-17-15(11-22-12)19(14-8-6-7-9-16(14)21)24-18(13(2)25(3)4)20(23-17)26-5/h6-11H,1-5H3/b18-13-. The number of hydrogen-bond acceptors (Lipinski definition) is 5. The van der Waals surface area contributed by atoms with Crippen molar-refractivity contribution in [3.05, 3.63) is 69.8 Å².